The summed E-state index contributed by atoms with van der Waals surface area (Å²) in [4.78, 5) is 17.2. The topological polar surface area (TPSA) is 57.1 Å². The molecule has 0 saturated heterocycles. The Kier molecular flexibility index (Phi) is 5.02. The van der Waals surface area contributed by atoms with Crippen molar-refractivity contribution in [3.05, 3.63) is 62.6 Å². The van der Waals surface area contributed by atoms with Crippen molar-refractivity contribution in [3.63, 3.8) is 0 Å². The van der Waals surface area contributed by atoms with Crippen molar-refractivity contribution in [3.8, 4) is 11.5 Å². The summed E-state index contributed by atoms with van der Waals surface area (Å²) in [5.74, 6) is 0.761. The second-order valence-electron chi connectivity index (χ2n) is 5.78. The Morgan fingerprint density at radius 3 is 2.54 bits per heavy atom. The van der Waals surface area contributed by atoms with Crippen molar-refractivity contribution >= 4 is 62.6 Å². The first kappa shape index (κ1) is 18.8. The Labute approximate surface area is 174 Å². The van der Waals surface area contributed by atoms with Crippen LogP contribution >= 0.6 is 34.5 Å². The molecular weight excluding hydrogens is 421 g/mol. The lowest BCUT2D eigenvalue weighted by atomic mass is 10.1. The second kappa shape index (κ2) is 7.47. The zero-order valence-electron chi connectivity index (χ0n) is 14.8. The quantitative estimate of drug-likeness (QED) is 0.398. The molecule has 5 nitrogen and oxygen atoms in total. The molecule has 4 rings (SSSR count). The van der Waals surface area contributed by atoms with E-state index in [9.17, 15) is 4.79 Å². The van der Waals surface area contributed by atoms with Gasteiger partial charge in [-0.05, 0) is 24.3 Å². The van der Waals surface area contributed by atoms with Gasteiger partial charge < -0.3 is 14.2 Å². The molecule has 0 unspecified atom stereocenters. The molecule has 1 aromatic heterocycles. The number of benzene rings is 2. The summed E-state index contributed by atoms with van der Waals surface area (Å²) in [5, 5.41) is 1.62. The number of ether oxygens (including phenoxy) is 3. The maximum Gasteiger partial charge on any atom is 0.363 e. The summed E-state index contributed by atoms with van der Waals surface area (Å²) < 4.78 is 16.7. The number of thiophene rings is 1. The molecule has 1 aliphatic heterocycles. The largest absolute Gasteiger partial charge is 0.496 e. The zero-order valence-corrected chi connectivity index (χ0v) is 17.1. The van der Waals surface area contributed by atoms with E-state index in [0.717, 1.165) is 15.6 Å². The van der Waals surface area contributed by atoms with E-state index in [-0.39, 0.29) is 11.6 Å². The maximum atomic E-state index is 12.3. The molecule has 0 atom stereocenters. The molecule has 28 heavy (non-hydrogen) atoms. The fourth-order valence-corrected chi connectivity index (χ4v) is 4.63. The van der Waals surface area contributed by atoms with Gasteiger partial charge in [0.1, 0.15) is 21.4 Å². The number of halogens is 2. The van der Waals surface area contributed by atoms with Crippen LogP contribution in [0.15, 0.2) is 47.1 Å². The number of fused-ring (bicyclic) bond motifs is 1. The van der Waals surface area contributed by atoms with E-state index in [1.54, 1.807) is 32.4 Å². The average molecular weight is 434 g/mol. The maximum absolute atomic E-state index is 12.3. The van der Waals surface area contributed by atoms with Crippen LogP contribution in [0.3, 0.4) is 0 Å². The minimum absolute atomic E-state index is 0.146. The fourth-order valence-electron chi connectivity index (χ4n) is 2.81. The molecule has 0 spiro atoms. The molecule has 0 saturated carbocycles. The molecular formula is C20H13Cl2NO4S. The number of rotatable bonds is 4. The molecule has 0 N–H and O–H groups in total. The van der Waals surface area contributed by atoms with E-state index in [4.69, 9.17) is 37.4 Å². The highest BCUT2D eigenvalue weighted by Crippen LogP contribution is 2.44. The summed E-state index contributed by atoms with van der Waals surface area (Å²) in [6.45, 7) is 0. The Morgan fingerprint density at radius 2 is 1.79 bits per heavy atom. The standard InChI is InChI=1S/C20H13Cl2NO4S/c1-25-13-6-4-3-5-10(13)9-12-20(24)27-19(23-12)18-15(21)11-7-8-14(26-2)16(22)17(11)28-18/h3-9H,1-2H3/b12-9-. The number of nitrogens with zero attached hydrogens (tertiary/aromatic N) is 1. The monoisotopic (exact) mass is 433 g/mol. The van der Waals surface area contributed by atoms with Crippen LogP contribution in [0.25, 0.3) is 16.2 Å². The SMILES string of the molecule is COc1ccccc1/C=C1\N=C(c2sc3c(Cl)c(OC)ccc3c2Cl)OC1=O. The van der Waals surface area contributed by atoms with E-state index < -0.39 is 5.97 Å². The van der Waals surface area contributed by atoms with Gasteiger partial charge in [0, 0.05) is 10.9 Å². The molecule has 0 amide bonds. The Hall–Kier alpha value is -2.54. The predicted octanol–water partition coefficient (Wildman–Crippen LogP) is 5.57. The molecule has 0 radical (unpaired) electrons. The molecule has 1 aliphatic rings. The van der Waals surface area contributed by atoms with Gasteiger partial charge in [0.05, 0.1) is 23.9 Å². The van der Waals surface area contributed by atoms with Gasteiger partial charge in [-0.2, -0.15) is 0 Å². The van der Waals surface area contributed by atoms with Crippen molar-refractivity contribution in [2.45, 2.75) is 0 Å². The first-order chi connectivity index (χ1) is 13.5. The predicted molar refractivity (Wildman–Crippen MR) is 112 cm³/mol. The van der Waals surface area contributed by atoms with Crippen LogP contribution in [-0.2, 0) is 9.53 Å². The third kappa shape index (κ3) is 3.13. The van der Waals surface area contributed by atoms with Crippen LogP contribution in [0.1, 0.15) is 10.4 Å². The van der Waals surface area contributed by atoms with E-state index in [2.05, 4.69) is 4.99 Å². The van der Waals surface area contributed by atoms with Gasteiger partial charge in [0.15, 0.2) is 5.70 Å². The number of esters is 1. The third-order valence-corrected chi connectivity index (χ3v) is 6.37. The van der Waals surface area contributed by atoms with E-state index in [0.29, 0.717) is 26.4 Å². The average Bonchev–Trinajstić information content (AvgIpc) is 3.23. The van der Waals surface area contributed by atoms with Crippen molar-refractivity contribution in [2.24, 2.45) is 4.99 Å². The van der Waals surface area contributed by atoms with Gasteiger partial charge in [-0.3, -0.25) is 0 Å². The summed E-state index contributed by atoms with van der Waals surface area (Å²) in [7, 11) is 3.11. The van der Waals surface area contributed by atoms with E-state index in [1.165, 1.54) is 11.3 Å². The zero-order chi connectivity index (χ0) is 19.8. The van der Waals surface area contributed by atoms with Crippen LogP contribution in [0.5, 0.6) is 11.5 Å². The molecule has 0 fully saturated rings. The summed E-state index contributed by atoms with van der Waals surface area (Å²) in [5.41, 5.74) is 0.883. The van der Waals surface area contributed by atoms with Gasteiger partial charge in [-0.15, -0.1) is 11.3 Å². The van der Waals surface area contributed by atoms with E-state index in [1.807, 2.05) is 24.3 Å². The molecule has 0 bridgehead atoms. The highest BCUT2D eigenvalue weighted by Gasteiger charge is 2.29. The third-order valence-electron chi connectivity index (χ3n) is 4.17. The Balaban J connectivity index is 1.79. The van der Waals surface area contributed by atoms with Crippen LogP contribution in [0.4, 0.5) is 0 Å². The minimum atomic E-state index is -0.557. The van der Waals surface area contributed by atoms with Crippen molar-refractivity contribution in [2.75, 3.05) is 14.2 Å². The second-order valence-corrected chi connectivity index (χ2v) is 7.56. The Bertz CT molecular complexity index is 1170. The van der Waals surface area contributed by atoms with Crippen molar-refractivity contribution in [1.82, 2.24) is 0 Å². The number of methoxy groups -OCH3 is 2. The van der Waals surface area contributed by atoms with Crippen LogP contribution < -0.4 is 9.47 Å². The number of para-hydroxylation sites is 1. The summed E-state index contributed by atoms with van der Waals surface area (Å²) in [6, 6.07) is 10.9. The van der Waals surface area contributed by atoms with E-state index >= 15 is 0 Å². The number of carbonyl (C=O) groups is 1. The fraction of sp³-hybridized carbons (Fsp3) is 0.100. The van der Waals surface area contributed by atoms with Crippen LogP contribution in [0.2, 0.25) is 10.0 Å². The van der Waals surface area contributed by atoms with Gasteiger partial charge in [-0.25, -0.2) is 9.79 Å². The molecule has 0 aliphatic carbocycles. The molecule has 3 aromatic rings. The summed E-state index contributed by atoms with van der Waals surface area (Å²) >= 11 is 14.2. The van der Waals surface area contributed by atoms with Gasteiger partial charge in [0.25, 0.3) is 0 Å². The molecule has 2 heterocycles. The van der Waals surface area contributed by atoms with Crippen LogP contribution in [-0.4, -0.2) is 26.1 Å². The van der Waals surface area contributed by atoms with Crippen LogP contribution in [0, 0.1) is 0 Å². The lowest BCUT2D eigenvalue weighted by Gasteiger charge is -2.03. The molecule has 8 heteroatoms. The Morgan fingerprint density at radius 1 is 1.04 bits per heavy atom. The molecule has 142 valence electrons. The first-order valence-electron chi connectivity index (χ1n) is 8.14. The number of hydrogen-bond acceptors (Lipinski definition) is 6. The highest BCUT2D eigenvalue weighted by atomic mass is 35.5. The number of hydrogen-bond donors (Lipinski definition) is 0. The van der Waals surface area contributed by atoms with Crippen molar-refractivity contribution < 1.29 is 19.0 Å². The number of aliphatic imine (C=N–C) groups is 1. The lowest BCUT2D eigenvalue weighted by molar-refractivity contribution is -0.129. The molecule has 2 aromatic carbocycles. The smallest absolute Gasteiger partial charge is 0.363 e. The highest BCUT2D eigenvalue weighted by molar-refractivity contribution is 7.22. The number of cyclic esters (lactones) is 1. The lowest BCUT2D eigenvalue weighted by Crippen LogP contribution is -2.04. The first-order valence-corrected chi connectivity index (χ1v) is 9.71. The normalized spacial score (nSPS) is 15.1. The van der Waals surface area contributed by atoms with Crippen molar-refractivity contribution in [1.29, 1.82) is 0 Å². The van der Waals surface area contributed by atoms with Gasteiger partial charge >= 0.3 is 5.97 Å². The van der Waals surface area contributed by atoms with Gasteiger partial charge in [-0.1, -0.05) is 41.4 Å². The van der Waals surface area contributed by atoms with Gasteiger partial charge in [0.2, 0.25) is 5.90 Å². The number of carbonyl (C=O) groups excluding carboxylic acids is 1. The minimum Gasteiger partial charge on any atom is -0.496 e. The summed E-state index contributed by atoms with van der Waals surface area (Å²) in [6.07, 6.45) is 1.62.